The number of ether oxygens (including phenoxy) is 1. The molecule has 2 heteroatoms. The molecule has 0 rings (SSSR count). The lowest BCUT2D eigenvalue weighted by molar-refractivity contribution is -0.143. The fraction of sp³-hybridized carbons (Fsp3) is 0.984. The lowest BCUT2D eigenvalue weighted by Gasteiger charge is -2.35. The van der Waals surface area contributed by atoms with Gasteiger partial charge in [0.2, 0.25) is 0 Å². The summed E-state index contributed by atoms with van der Waals surface area (Å²) in [6.07, 6.45) is 80.1. The Morgan fingerprint density at radius 1 is 0.242 bits per heavy atom. The van der Waals surface area contributed by atoms with Crippen LogP contribution in [0.3, 0.4) is 0 Å². The minimum Gasteiger partial charge on any atom is -0.466 e. The van der Waals surface area contributed by atoms with Gasteiger partial charge in [0.05, 0.1) is 6.61 Å². The molecule has 0 spiro atoms. The molecule has 0 radical (unpaired) electrons. The van der Waals surface area contributed by atoms with E-state index in [1.165, 1.54) is 347 Å². The van der Waals surface area contributed by atoms with Crippen molar-refractivity contribution in [2.75, 3.05) is 6.61 Å². The Morgan fingerprint density at radius 2 is 0.424 bits per heavy atom. The zero-order valence-corrected chi connectivity index (χ0v) is 46.8. The van der Waals surface area contributed by atoms with Crippen molar-refractivity contribution in [1.29, 1.82) is 0 Å². The van der Waals surface area contributed by atoms with E-state index in [1.54, 1.807) is 0 Å². The van der Waals surface area contributed by atoms with Gasteiger partial charge in [-0.3, -0.25) is 4.79 Å². The smallest absolute Gasteiger partial charge is 0.305 e. The number of carbonyl (C=O) groups excluding carboxylic acids is 1. The van der Waals surface area contributed by atoms with Crippen molar-refractivity contribution < 1.29 is 9.53 Å². The number of hydrogen-bond donors (Lipinski definition) is 0. The Balaban J connectivity index is 4.56. The van der Waals surface area contributed by atoms with Gasteiger partial charge in [0, 0.05) is 6.42 Å². The van der Waals surface area contributed by atoms with Crippen molar-refractivity contribution in [3.63, 3.8) is 0 Å². The summed E-state index contributed by atoms with van der Waals surface area (Å²) < 4.78 is 5.52. The molecule has 0 amide bonds. The van der Waals surface area contributed by atoms with Crippen molar-refractivity contribution in [2.24, 2.45) is 5.41 Å². The molecular weight excluding hydrogens is 801 g/mol. The number of esters is 1. The first-order valence-electron chi connectivity index (χ1n) is 31.8. The first-order chi connectivity index (χ1) is 32.6. The van der Waals surface area contributed by atoms with Gasteiger partial charge in [-0.1, -0.05) is 349 Å². The summed E-state index contributed by atoms with van der Waals surface area (Å²) >= 11 is 0. The van der Waals surface area contributed by atoms with Crippen LogP contribution in [-0.2, 0) is 9.53 Å². The highest BCUT2D eigenvalue weighted by Crippen LogP contribution is 2.42. The normalized spacial score (nSPS) is 11.9. The third-order valence-corrected chi connectivity index (χ3v) is 15.8. The molecule has 0 aliphatic carbocycles. The Hall–Kier alpha value is -0.530. The molecule has 0 unspecified atom stereocenters. The van der Waals surface area contributed by atoms with Crippen LogP contribution in [0.4, 0.5) is 0 Å². The average Bonchev–Trinajstić information content (AvgIpc) is 3.32. The van der Waals surface area contributed by atoms with E-state index in [0.29, 0.717) is 18.4 Å². The average molecular weight is 930 g/mol. The molecular formula is C64H128O2. The molecule has 396 valence electrons. The quantitative estimate of drug-likeness (QED) is 0.0449. The number of carbonyl (C=O) groups is 1. The van der Waals surface area contributed by atoms with E-state index in [-0.39, 0.29) is 5.97 Å². The second-order valence-corrected chi connectivity index (χ2v) is 22.4. The molecule has 0 heterocycles. The maximum absolute atomic E-state index is 12.2. The van der Waals surface area contributed by atoms with Crippen LogP contribution in [0.2, 0.25) is 0 Å². The van der Waals surface area contributed by atoms with Crippen LogP contribution in [0.5, 0.6) is 0 Å². The van der Waals surface area contributed by atoms with E-state index >= 15 is 0 Å². The van der Waals surface area contributed by atoms with E-state index in [1.807, 2.05) is 0 Å². The minimum absolute atomic E-state index is 0.0360. The van der Waals surface area contributed by atoms with Gasteiger partial charge in [0.25, 0.3) is 0 Å². The molecule has 0 atom stereocenters. The number of unbranched alkanes of at least 4 members (excludes halogenated alkanes) is 47. The SMILES string of the molecule is CCCCCCCCCCCCOC(=O)CCCCCCCCCCCCCCC(CCCCCCCCCCCC)(CCCCCCCCCCCC)CCCCCCCCCCCC. The van der Waals surface area contributed by atoms with Crippen molar-refractivity contribution in [1.82, 2.24) is 0 Å². The van der Waals surface area contributed by atoms with Crippen LogP contribution in [0.15, 0.2) is 0 Å². The topological polar surface area (TPSA) is 26.3 Å². The second-order valence-electron chi connectivity index (χ2n) is 22.4. The predicted octanol–water partition coefficient (Wildman–Crippen LogP) is 23.8. The van der Waals surface area contributed by atoms with E-state index in [9.17, 15) is 4.79 Å². The van der Waals surface area contributed by atoms with Gasteiger partial charge >= 0.3 is 5.97 Å². The molecule has 0 aliphatic rings. The van der Waals surface area contributed by atoms with Gasteiger partial charge in [-0.25, -0.2) is 0 Å². The largest absolute Gasteiger partial charge is 0.466 e. The van der Waals surface area contributed by atoms with Crippen LogP contribution in [0.25, 0.3) is 0 Å². The van der Waals surface area contributed by atoms with Crippen molar-refractivity contribution in [2.45, 2.75) is 394 Å². The molecule has 0 fully saturated rings. The molecule has 0 N–H and O–H groups in total. The summed E-state index contributed by atoms with van der Waals surface area (Å²) in [5.74, 6) is 0.0360. The molecule has 0 aromatic rings. The predicted molar refractivity (Wildman–Crippen MR) is 299 cm³/mol. The molecule has 0 aromatic heterocycles. The standard InChI is InChI=1S/C64H128O2/c1-5-9-13-17-21-25-34-40-46-52-58-64(59-53-47-41-35-26-22-18-14-10-6-2,60-54-48-42-36-27-23-19-15-11-7-3)61-55-49-43-37-32-30-29-31-33-39-45-51-57-63(65)66-62-56-50-44-38-28-24-20-16-12-8-4/h5-62H2,1-4H3. The monoisotopic (exact) mass is 929 g/mol. The van der Waals surface area contributed by atoms with Crippen molar-refractivity contribution in [3.05, 3.63) is 0 Å². The van der Waals surface area contributed by atoms with E-state index < -0.39 is 0 Å². The van der Waals surface area contributed by atoms with Gasteiger partial charge in [-0.05, 0) is 43.9 Å². The van der Waals surface area contributed by atoms with Gasteiger partial charge in [-0.2, -0.15) is 0 Å². The summed E-state index contributed by atoms with van der Waals surface area (Å²) in [5, 5.41) is 0. The third-order valence-electron chi connectivity index (χ3n) is 15.8. The Bertz CT molecular complexity index is 820. The number of rotatable bonds is 59. The Labute approximate surface area is 419 Å². The summed E-state index contributed by atoms with van der Waals surface area (Å²) in [6, 6.07) is 0. The van der Waals surface area contributed by atoms with E-state index in [0.717, 1.165) is 12.8 Å². The highest BCUT2D eigenvalue weighted by molar-refractivity contribution is 5.69. The Kier molecular flexibility index (Phi) is 56.6. The Morgan fingerprint density at radius 3 is 0.652 bits per heavy atom. The van der Waals surface area contributed by atoms with E-state index in [4.69, 9.17) is 4.74 Å². The maximum atomic E-state index is 12.2. The molecule has 0 saturated carbocycles. The van der Waals surface area contributed by atoms with Crippen LogP contribution in [-0.4, -0.2) is 12.6 Å². The third kappa shape index (κ3) is 51.3. The summed E-state index contributed by atoms with van der Waals surface area (Å²) in [4.78, 5) is 12.2. The number of hydrogen-bond acceptors (Lipinski definition) is 2. The van der Waals surface area contributed by atoms with Crippen LogP contribution in [0.1, 0.15) is 394 Å². The first-order valence-corrected chi connectivity index (χ1v) is 31.8. The summed E-state index contributed by atoms with van der Waals surface area (Å²) in [7, 11) is 0. The first kappa shape index (κ1) is 65.5. The molecule has 2 nitrogen and oxygen atoms in total. The summed E-state index contributed by atoms with van der Waals surface area (Å²) in [6.45, 7) is 9.93. The van der Waals surface area contributed by atoms with E-state index in [2.05, 4.69) is 27.7 Å². The van der Waals surface area contributed by atoms with Gasteiger partial charge in [-0.15, -0.1) is 0 Å². The molecule has 0 saturated heterocycles. The highest BCUT2D eigenvalue weighted by Gasteiger charge is 2.28. The van der Waals surface area contributed by atoms with Gasteiger partial charge in [0.1, 0.15) is 0 Å². The van der Waals surface area contributed by atoms with Crippen LogP contribution >= 0.6 is 0 Å². The van der Waals surface area contributed by atoms with Crippen molar-refractivity contribution >= 4 is 5.97 Å². The zero-order chi connectivity index (χ0) is 47.8. The lowest BCUT2D eigenvalue weighted by atomic mass is 9.70. The summed E-state index contributed by atoms with van der Waals surface area (Å²) in [5.41, 5.74) is 0.632. The molecule has 0 aromatic carbocycles. The zero-order valence-electron chi connectivity index (χ0n) is 46.8. The van der Waals surface area contributed by atoms with Crippen molar-refractivity contribution in [3.8, 4) is 0 Å². The van der Waals surface area contributed by atoms with Crippen LogP contribution < -0.4 is 0 Å². The molecule has 0 bridgehead atoms. The van der Waals surface area contributed by atoms with Crippen LogP contribution in [0, 0.1) is 5.41 Å². The second kappa shape index (κ2) is 57.1. The molecule has 0 aliphatic heterocycles. The van der Waals surface area contributed by atoms with Gasteiger partial charge in [0.15, 0.2) is 0 Å². The lowest BCUT2D eigenvalue weighted by Crippen LogP contribution is -2.21. The molecule has 66 heavy (non-hydrogen) atoms. The fourth-order valence-corrected chi connectivity index (χ4v) is 11.1. The van der Waals surface area contributed by atoms with Gasteiger partial charge < -0.3 is 4.74 Å². The minimum atomic E-state index is 0.0360. The highest BCUT2D eigenvalue weighted by atomic mass is 16.5. The fourth-order valence-electron chi connectivity index (χ4n) is 11.1. The maximum Gasteiger partial charge on any atom is 0.305 e.